The van der Waals surface area contributed by atoms with E-state index in [1.54, 1.807) is 24.3 Å². The van der Waals surface area contributed by atoms with E-state index in [9.17, 15) is 19.8 Å². The monoisotopic (exact) mass is 551 g/mol. The molecule has 220 valence electrons. The minimum Gasteiger partial charge on any atom is -0.508 e. The predicted octanol–water partition coefficient (Wildman–Crippen LogP) is 5.97. The number of fused-ring (bicyclic) bond motifs is 1. The number of benzene rings is 1. The fraction of sp³-hybridized carbons (Fsp3) is 0.647. The molecule has 2 aliphatic carbocycles. The molecule has 1 aromatic carbocycles. The largest absolute Gasteiger partial charge is 0.508 e. The molecule has 2 fully saturated rings. The number of aliphatic hydroxyl groups is 1. The molecular weight excluding hydrogens is 502 g/mol. The van der Waals surface area contributed by atoms with Crippen molar-refractivity contribution in [3.8, 4) is 5.75 Å². The van der Waals surface area contributed by atoms with Gasteiger partial charge in [0.1, 0.15) is 17.8 Å². The third-order valence-electron chi connectivity index (χ3n) is 9.92. The van der Waals surface area contributed by atoms with Gasteiger partial charge in [-0.15, -0.1) is 0 Å². The predicted molar refractivity (Wildman–Crippen MR) is 157 cm³/mol. The van der Waals surface area contributed by atoms with Crippen LogP contribution in [0, 0.1) is 40.9 Å². The van der Waals surface area contributed by atoms with Gasteiger partial charge in [0.05, 0.1) is 0 Å². The van der Waals surface area contributed by atoms with Crippen molar-refractivity contribution >= 4 is 11.7 Å². The first-order valence-electron chi connectivity index (χ1n) is 15.2. The quantitative estimate of drug-likeness (QED) is 0.260. The van der Waals surface area contributed by atoms with Crippen LogP contribution in [0.25, 0.3) is 0 Å². The van der Waals surface area contributed by atoms with Gasteiger partial charge in [-0.25, -0.2) is 0 Å². The highest BCUT2D eigenvalue weighted by Crippen LogP contribution is 2.57. The number of hydrogen-bond donors (Lipinski definition) is 3. The maximum atomic E-state index is 14.8. The summed E-state index contributed by atoms with van der Waals surface area (Å²) in [5, 5.41) is 24.3. The third-order valence-corrected chi connectivity index (χ3v) is 9.92. The minimum atomic E-state index is -1.73. The van der Waals surface area contributed by atoms with Crippen LogP contribution in [-0.4, -0.2) is 40.3 Å². The van der Waals surface area contributed by atoms with E-state index in [-0.39, 0.29) is 47.7 Å². The summed E-state index contributed by atoms with van der Waals surface area (Å²) in [6, 6.07) is 6.51. The lowest BCUT2D eigenvalue weighted by Gasteiger charge is -2.52. The zero-order valence-electron chi connectivity index (χ0n) is 25.4. The van der Waals surface area contributed by atoms with Crippen LogP contribution in [0.5, 0.6) is 5.75 Å². The van der Waals surface area contributed by atoms with E-state index < -0.39 is 23.7 Å². The Morgan fingerprint density at radius 3 is 2.50 bits per heavy atom. The maximum Gasteiger partial charge on any atom is 0.235 e. The number of carbonyl (C=O) groups excluding carboxylic acids is 2. The van der Waals surface area contributed by atoms with Crippen molar-refractivity contribution in [2.75, 3.05) is 6.61 Å². The van der Waals surface area contributed by atoms with Crippen LogP contribution in [0.3, 0.4) is 0 Å². The molecule has 1 aliphatic heterocycles. The molecule has 6 heteroatoms. The van der Waals surface area contributed by atoms with E-state index in [1.807, 2.05) is 6.92 Å². The number of aromatic hydroxyl groups is 1. The highest BCUT2D eigenvalue weighted by molar-refractivity contribution is 6.05. The maximum absolute atomic E-state index is 14.8. The summed E-state index contributed by atoms with van der Waals surface area (Å²) >= 11 is 0. The number of phenolic OH excluding ortho intramolecular Hbond substituents is 1. The number of nitrogens with one attached hydrogen (secondary N) is 1. The molecule has 3 N–H and O–H groups in total. The zero-order chi connectivity index (χ0) is 29.4. The second kappa shape index (κ2) is 11.8. The second-order valence-electron chi connectivity index (χ2n) is 13.2. The van der Waals surface area contributed by atoms with Crippen molar-refractivity contribution in [3.05, 3.63) is 53.1 Å². The average Bonchev–Trinajstić information content (AvgIpc) is 3.12. The lowest BCUT2D eigenvalue weighted by Crippen LogP contribution is -2.54. The lowest BCUT2D eigenvalue weighted by atomic mass is 9.51. The number of hydrogen-bond acceptors (Lipinski definition) is 5. The molecular formula is C34H49NO5. The Bertz CT molecular complexity index is 1160. The first-order valence-corrected chi connectivity index (χ1v) is 15.2. The normalized spacial score (nSPS) is 37.0. The molecule has 0 bridgehead atoms. The van der Waals surface area contributed by atoms with Gasteiger partial charge in [0.25, 0.3) is 0 Å². The van der Waals surface area contributed by atoms with Gasteiger partial charge < -0.3 is 20.3 Å². The molecule has 1 saturated carbocycles. The van der Waals surface area contributed by atoms with Crippen LogP contribution in [0.1, 0.15) is 79.7 Å². The summed E-state index contributed by atoms with van der Waals surface area (Å²) in [4.78, 5) is 28.5. The van der Waals surface area contributed by atoms with Crippen molar-refractivity contribution in [1.29, 1.82) is 0 Å². The molecule has 1 heterocycles. The topological polar surface area (TPSA) is 95.9 Å². The summed E-state index contributed by atoms with van der Waals surface area (Å²) in [7, 11) is 0. The number of ether oxygens (including phenoxy) is 1. The van der Waals surface area contributed by atoms with Crippen LogP contribution < -0.4 is 5.32 Å². The molecule has 0 spiro atoms. The Labute approximate surface area is 240 Å². The van der Waals surface area contributed by atoms with Crippen molar-refractivity contribution in [3.63, 3.8) is 0 Å². The van der Waals surface area contributed by atoms with Crippen LogP contribution >= 0.6 is 0 Å². The van der Waals surface area contributed by atoms with Crippen molar-refractivity contribution in [2.24, 2.45) is 40.9 Å². The molecule has 1 amide bonds. The van der Waals surface area contributed by atoms with Gasteiger partial charge in [0, 0.05) is 24.9 Å². The Hall–Kier alpha value is -2.44. The average molecular weight is 552 g/mol. The first-order chi connectivity index (χ1) is 18.8. The van der Waals surface area contributed by atoms with Gasteiger partial charge in [-0.05, 0) is 74.5 Å². The fourth-order valence-corrected chi connectivity index (χ4v) is 8.10. The van der Waals surface area contributed by atoms with Crippen molar-refractivity contribution in [2.45, 2.75) is 92.4 Å². The smallest absolute Gasteiger partial charge is 0.235 e. The number of phenols is 1. The molecule has 0 unspecified atom stereocenters. The molecule has 4 rings (SSSR count). The number of carbonyl (C=O) groups is 2. The van der Waals surface area contributed by atoms with Gasteiger partial charge in [-0.2, -0.15) is 0 Å². The molecule has 3 aliphatic rings. The van der Waals surface area contributed by atoms with Gasteiger partial charge in [-0.3, -0.25) is 9.59 Å². The zero-order valence-corrected chi connectivity index (χ0v) is 25.4. The first kappa shape index (κ1) is 30.5. The number of ketones is 1. The summed E-state index contributed by atoms with van der Waals surface area (Å²) in [6.45, 7) is 15.3. The molecule has 1 aromatic rings. The van der Waals surface area contributed by atoms with Gasteiger partial charge in [0.2, 0.25) is 5.91 Å². The Balaban J connectivity index is 1.76. The van der Waals surface area contributed by atoms with Crippen molar-refractivity contribution in [1.82, 2.24) is 5.32 Å². The molecule has 0 aromatic heterocycles. The third kappa shape index (κ3) is 5.80. The number of allylic oxidation sites excluding steroid dienone is 4. The van der Waals surface area contributed by atoms with E-state index in [0.29, 0.717) is 11.8 Å². The molecule has 0 radical (unpaired) electrons. The van der Waals surface area contributed by atoms with Crippen LogP contribution in [0.4, 0.5) is 0 Å². The summed E-state index contributed by atoms with van der Waals surface area (Å²) < 4.78 is 6.06. The molecule has 1 saturated heterocycles. The fourth-order valence-electron chi connectivity index (χ4n) is 8.10. The highest BCUT2D eigenvalue weighted by Gasteiger charge is 2.60. The van der Waals surface area contributed by atoms with Gasteiger partial charge in [-0.1, -0.05) is 76.0 Å². The van der Waals surface area contributed by atoms with Crippen LogP contribution in [0.2, 0.25) is 0 Å². The molecule has 40 heavy (non-hydrogen) atoms. The van der Waals surface area contributed by atoms with Crippen molar-refractivity contribution < 1.29 is 24.5 Å². The second-order valence-corrected chi connectivity index (χ2v) is 13.2. The van der Waals surface area contributed by atoms with Crippen LogP contribution in [0.15, 0.2) is 47.6 Å². The summed E-state index contributed by atoms with van der Waals surface area (Å²) in [6.07, 6.45) is 7.84. The van der Waals surface area contributed by atoms with Gasteiger partial charge >= 0.3 is 0 Å². The Morgan fingerprint density at radius 1 is 1.20 bits per heavy atom. The Kier molecular flexibility index (Phi) is 9.01. The minimum absolute atomic E-state index is 0.0751. The van der Waals surface area contributed by atoms with E-state index >= 15 is 0 Å². The van der Waals surface area contributed by atoms with Gasteiger partial charge in [0.15, 0.2) is 11.5 Å². The lowest BCUT2D eigenvalue weighted by molar-refractivity contribution is -0.148. The summed E-state index contributed by atoms with van der Waals surface area (Å²) in [5.41, 5.74) is 1.27. The number of amides is 1. The summed E-state index contributed by atoms with van der Waals surface area (Å²) in [5.74, 6) is -0.904. The Morgan fingerprint density at radius 2 is 1.88 bits per heavy atom. The number of rotatable bonds is 9. The van der Waals surface area contributed by atoms with Crippen LogP contribution in [-0.2, 0) is 20.7 Å². The SMILES string of the molecule is CCO[C@H]1[C@H](C(=O)[C@@H]2[C@@H](/C(C)=C/[C@H](C)CC)C(C)=C[C@]3(C)C[C@@H](C)CC[C@H]23)C(=O)N[C@]1(O)Cc1ccc(O)cc1. The van der Waals surface area contributed by atoms with E-state index in [0.717, 1.165) is 31.2 Å². The van der Waals surface area contributed by atoms with E-state index in [4.69, 9.17) is 4.74 Å². The molecule has 9 atom stereocenters. The standard InChI is InChI=1S/C34H49NO5/c1-8-20(3)16-22(5)27-23(6)18-33(7)17-21(4)10-15-26(33)28(27)30(37)29-31(40-9-2)34(39,35-32(29)38)19-24-11-13-25(36)14-12-24/h11-14,16,18,20-21,26-29,31,36,39H,8-10,15,17,19H2,1-7H3,(H,35,38)/b22-16+/t20-,21+,26-,27+,28+,29+,31+,33+,34+/m1/s1. The number of Topliss-reactive ketones (excluding diaryl/α,β-unsaturated/α-hetero) is 1. The molecule has 6 nitrogen and oxygen atoms in total. The highest BCUT2D eigenvalue weighted by atomic mass is 16.5. The van der Waals surface area contributed by atoms with E-state index in [1.165, 1.54) is 11.1 Å². The van der Waals surface area contributed by atoms with E-state index in [2.05, 4.69) is 59.0 Å².